The number of benzene rings is 1. The number of rotatable bonds is 3. The van der Waals surface area contributed by atoms with E-state index < -0.39 is 8.03 Å². The summed E-state index contributed by atoms with van der Waals surface area (Å²) < 4.78 is 15.4. The predicted octanol–water partition coefficient (Wildman–Crippen LogP) is 1.93. The van der Waals surface area contributed by atoms with E-state index in [9.17, 15) is 4.57 Å². The molecule has 0 spiro atoms. The quantitative estimate of drug-likeness (QED) is 0.732. The number of hydrogen-bond acceptors (Lipinski definition) is 2. The van der Waals surface area contributed by atoms with Crippen LogP contribution < -0.4 is 4.74 Å². The maximum absolute atomic E-state index is 10.5. The summed E-state index contributed by atoms with van der Waals surface area (Å²) in [5.74, 6) is 0.712. The second-order valence-electron chi connectivity index (χ2n) is 2.36. The van der Waals surface area contributed by atoms with Crippen LogP contribution in [0.1, 0.15) is 5.56 Å². The summed E-state index contributed by atoms with van der Waals surface area (Å²) in [4.78, 5) is 8.64. The average Bonchev–Trinajstić information content (AvgIpc) is 2.03. The number of methoxy groups -OCH3 is 1. The molecule has 0 aromatic heterocycles. The molecule has 64 valence electrons. The van der Waals surface area contributed by atoms with E-state index in [4.69, 9.17) is 9.63 Å². The second-order valence-corrected chi connectivity index (χ2v) is 3.38. The molecule has 4 heteroatoms. The van der Waals surface area contributed by atoms with Crippen molar-refractivity contribution in [1.29, 1.82) is 0 Å². The van der Waals surface area contributed by atoms with Crippen molar-refractivity contribution in [2.45, 2.75) is 6.16 Å². The summed E-state index contributed by atoms with van der Waals surface area (Å²) in [5, 5.41) is 0. The maximum atomic E-state index is 10.5. The van der Waals surface area contributed by atoms with E-state index >= 15 is 0 Å². The molecule has 0 saturated heterocycles. The zero-order valence-corrected chi connectivity index (χ0v) is 7.62. The van der Waals surface area contributed by atoms with Crippen molar-refractivity contribution < 1.29 is 14.2 Å². The molecule has 0 amide bonds. The molecule has 12 heavy (non-hydrogen) atoms. The molecule has 0 bridgehead atoms. The van der Waals surface area contributed by atoms with E-state index in [1.165, 1.54) is 0 Å². The van der Waals surface area contributed by atoms with Crippen LogP contribution in [0.4, 0.5) is 0 Å². The molecular formula is C8H10O3P+. The molecule has 1 N–H and O–H groups in total. The Balaban J connectivity index is 2.79. The van der Waals surface area contributed by atoms with Crippen LogP contribution in [0, 0.1) is 0 Å². The molecule has 0 aliphatic heterocycles. The third-order valence-electron chi connectivity index (χ3n) is 1.45. The highest BCUT2D eigenvalue weighted by Crippen LogP contribution is 2.23. The van der Waals surface area contributed by atoms with Gasteiger partial charge in [0.1, 0.15) is 5.75 Å². The predicted molar refractivity (Wildman–Crippen MR) is 46.5 cm³/mol. The van der Waals surface area contributed by atoms with Gasteiger partial charge in [0.05, 0.1) is 7.11 Å². The lowest BCUT2D eigenvalue weighted by Gasteiger charge is -1.98. The van der Waals surface area contributed by atoms with Crippen molar-refractivity contribution in [1.82, 2.24) is 0 Å². The molecule has 0 fully saturated rings. The van der Waals surface area contributed by atoms with Gasteiger partial charge in [0.15, 0.2) is 0 Å². The maximum Gasteiger partial charge on any atom is 0.510 e. The van der Waals surface area contributed by atoms with Gasteiger partial charge < -0.3 is 4.74 Å². The molecule has 0 radical (unpaired) electrons. The van der Waals surface area contributed by atoms with Crippen LogP contribution in [-0.2, 0) is 10.7 Å². The van der Waals surface area contributed by atoms with E-state index in [2.05, 4.69) is 0 Å². The van der Waals surface area contributed by atoms with E-state index in [0.717, 1.165) is 5.56 Å². The van der Waals surface area contributed by atoms with Crippen molar-refractivity contribution in [2.75, 3.05) is 7.11 Å². The van der Waals surface area contributed by atoms with Gasteiger partial charge in [0, 0.05) is 5.56 Å². The van der Waals surface area contributed by atoms with Crippen LogP contribution in [0.2, 0.25) is 0 Å². The third-order valence-corrected chi connectivity index (χ3v) is 2.09. The van der Waals surface area contributed by atoms with E-state index in [-0.39, 0.29) is 6.16 Å². The second kappa shape index (κ2) is 4.19. The molecule has 0 heterocycles. The van der Waals surface area contributed by atoms with Gasteiger partial charge in [0.2, 0.25) is 6.16 Å². The third kappa shape index (κ3) is 2.61. The largest absolute Gasteiger partial charge is 0.510 e. The molecule has 1 unspecified atom stereocenters. The first-order valence-electron chi connectivity index (χ1n) is 3.49. The smallest absolute Gasteiger partial charge is 0.497 e. The lowest BCUT2D eigenvalue weighted by molar-refractivity contribution is 0.414. The van der Waals surface area contributed by atoms with Crippen LogP contribution in [0.15, 0.2) is 24.3 Å². The summed E-state index contributed by atoms with van der Waals surface area (Å²) in [7, 11) is -0.532. The molecular weight excluding hydrogens is 175 g/mol. The van der Waals surface area contributed by atoms with Gasteiger partial charge in [-0.05, 0) is 16.7 Å². The highest BCUT2D eigenvalue weighted by Gasteiger charge is 2.11. The molecule has 1 aromatic carbocycles. The molecule has 1 aromatic rings. The van der Waals surface area contributed by atoms with Crippen molar-refractivity contribution in [2.24, 2.45) is 0 Å². The summed E-state index contributed by atoms with van der Waals surface area (Å²) in [5.41, 5.74) is 0.818. The van der Waals surface area contributed by atoms with Gasteiger partial charge in [0.25, 0.3) is 0 Å². The van der Waals surface area contributed by atoms with Gasteiger partial charge in [-0.3, -0.25) is 0 Å². The molecule has 0 aliphatic rings. The Hall–Kier alpha value is -0.920. The summed E-state index contributed by atoms with van der Waals surface area (Å²) in [6.45, 7) is 0. The minimum Gasteiger partial charge on any atom is -0.497 e. The van der Waals surface area contributed by atoms with Crippen LogP contribution in [-0.4, -0.2) is 12.0 Å². The minimum atomic E-state index is -2.10. The molecule has 3 nitrogen and oxygen atoms in total. The minimum absolute atomic E-state index is 0.187. The summed E-state index contributed by atoms with van der Waals surface area (Å²) >= 11 is 0. The zero-order chi connectivity index (χ0) is 8.97. The first-order chi connectivity index (χ1) is 5.72. The van der Waals surface area contributed by atoms with Gasteiger partial charge in [-0.1, -0.05) is 12.1 Å². The standard InChI is InChI=1S/C8H9O3P/c1-11-8-4-2-3-7(5-8)6-12(9)10/h2-5H,6H2,1H3/p+1. The Morgan fingerprint density at radius 2 is 2.33 bits per heavy atom. The van der Waals surface area contributed by atoms with Crippen molar-refractivity contribution in [3.8, 4) is 5.75 Å². The number of hydrogen-bond donors (Lipinski definition) is 1. The molecule has 1 atom stereocenters. The Morgan fingerprint density at radius 1 is 1.58 bits per heavy atom. The van der Waals surface area contributed by atoms with Gasteiger partial charge in [-0.25, -0.2) is 0 Å². The average molecular weight is 185 g/mol. The zero-order valence-electron chi connectivity index (χ0n) is 6.73. The lowest BCUT2D eigenvalue weighted by Crippen LogP contribution is -1.84. The topological polar surface area (TPSA) is 46.5 Å². The lowest BCUT2D eigenvalue weighted by atomic mass is 10.2. The first kappa shape index (κ1) is 9.17. The van der Waals surface area contributed by atoms with E-state index in [1.54, 1.807) is 31.4 Å². The van der Waals surface area contributed by atoms with Crippen LogP contribution >= 0.6 is 8.03 Å². The number of ether oxygens (including phenoxy) is 1. The Morgan fingerprint density at radius 3 is 2.92 bits per heavy atom. The Kier molecular flexibility index (Phi) is 3.20. The molecule has 0 aliphatic carbocycles. The van der Waals surface area contributed by atoms with Gasteiger partial charge in [-0.15, -0.1) is 0 Å². The van der Waals surface area contributed by atoms with Gasteiger partial charge >= 0.3 is 8.03 Å². The van der Waals surface area contributed by atoms with E-state index in [0.29, 0.717) is 5.75 Å². The fraction of sp³-hybridized carbons (Fsp3) is 0.250. The van der Waals surface area contributed by atoms with Crippen molar-refractivity contribution in [3.63, 3.8) is 0 Å². The Labute approximate surface area is 71.9 Å². The summed E-state index contributed by atoms with van der Waals surface area (Å²) in [6, 6.07) is 7.15. The fourth-order valence-electron chi connectivity index (χ4n) is 0.927. The molecule has 0 saturated carbocycles. The van der Waals surface area contributed by atoms with E-state index in [1.807, 2.05) is 0 Å². The normalized spacial score (nSPS) is 11.0. The highest BCUT2D eigenvalue weighted by atomic mass is 31.1. The SMILES string of the molecule is COc1cccc(C[P+](=O)O)c1. The van der Waals surface area contributed by atoms with Crippen molar-refractivity contribution >= 4 is 8.03 Å². The highest BCUT2D eigenvalue weighted by molar-refractivity contribution is 7.37. The Bertz CT molecular complexity index is 285. The molecule has 1 rings (SSSR count). The van der Waals surface area contributed by atoms with Crippen LogP contribution in [0.25, 0.3) is 0 Å². The monoisotopic (exact) mass is 185 g/mol. The van der Waals surface area contributed by atoms with Crippen molar-refractivity contribution in [3.05, 3.63) is 29.8 Å². The summed E-state index contributed by atoms with van der Waals surface area (Å²) in [6.07, 6.45) is 0.187. The van der Waals surface area contributed by atoms with Crippen LogP contribution in [0.3, 0.4) is 0 Å². The first-order valence-corrected chi connectivity index (χ1v) is 4.88. The van der Waals surface area contributed by atoms with Crippen LogP contribution in [0.5, 0.6) is 5.75 Å². The fourth-order valence-corrected chi connectivity index (χ4v) is 1.44. The van der Waals surface area contributed by atoms with Gasteiger partial charge in [-0.2, -0.15) is 4.89 Å².